The largest absolute Gasteiger partial charge is 0.396 e. The first-order chi connectivity index (χ1) is 9.37. The number of carbonyl (C=O) groups is 3. The molecule has 1 aromatic carbocycles. The van der Waals surface area contributed by atoms with Crippen LogP contribution in [0.3, 0.4) is 0 Å². The molecule has 4 amide bonds. The molecule has 0 spiro atoms. The highest BCUT2D eigenvalue weighted by atomic mass is 16.3. The summed E-state index contributed by atoms with van der Waals surface area (Å²) < 4.78 is 0. The van der Waals surface area contributed by atoms with Crippen LogP contribution in [-0.2, 0) is 16.0 Å². The van der Waals surface area contributed by atoms with Gasteiger partial charge in [-0.05, 0) is 38.0 Å². The minimum atomic E-state index is -1.28. The van der Waals surface area contributed by atoms with Crippen LogP contribution in [0.15, 0.2) is 24.3 Å². The molecule has 0 atom stereocenters. The first-order valence-corrected chi connectivity index (χ1v) is 6.27. The van der Waals surface area contributed by atoms with Gasteiger partial charge < -0.3 is 5.11 Å². The second-order valence-electron chi connectivity index (χ2n) is 5.16. The molecule has 0 bridgehead atoms. The van der Waals surface area contributed by atoms with E-state index in [-0.39, 0.29) is 6.61 Å². The Balaban J connectivity index is 2.33. The van der Waals surface area contributed by atoms with E-state index < -0.39 is 23.3 Å². The number of aliphatic hydroxyl groups excluding tert-OH is 1. The van der Waals surface area contributed by atoms with E-state index in [1.807, 2.05) is 0 Å². The van der Waals surface area contributed by atoms with Crippen LogP contribution >= 0.6 is 0 Å². The molecule has 1 heterocycles. The minimum Gasteiger partial charge on any atom is -0.396 e. The second kappa shape index (κ2) is 5.05. The summed E-state index contributed by atoms with van der Waals surface area (Å²) in [5.74, 6) is -1.15. The fourth-order valence-electron chi connectivity index (χ4n) is 1.95. The van der Waals surface area contributed by atoms with Gasteiger partial charge in [0.05, 0.1) is 5.69 Å². The third kappa shape index (κ3) is 2.30. The Hall–Kier alpha value is -2.21. The van der Waals surface area contributed by atoms with E-state index in [2.05, 4.69) is 5.32 Å². The lowest BCUT2D eigenvalue weighted by atomic mass is 9.88. The third-order valence-corrected chi connectivity index (χ3v) is 3.32. The van der Waals surface area contributed by atoms with Crippen LogP contribution in [0.1, 0.15) is 19.4 Å². The number of barbiturate groups is 1. The number of urea groups is 1. The Morgan fingerprint density at radius 1 is 1.15 bits per heavy atom. The van der Waals surface area contributed by atoms with E-state index in [9.17, 15) is 14.4 Å². The first-order valence-electron chi connectivity index (χ1n) is 6.27. The molecular formula is C14H16N2O4. The maximum absolute atomic E-state index is 12.3. The van der Waals surface area contributed by atoms with Crippen molar-refractivity contribution in [2.45, 2.75) is 20.3 Å². The number of amides is 4. The molecule has 20 heavy (non-hydrogen) atoms. The predicted molar refractivity (Wildman–Crippen MR) is 72.0 cm³/mol. The summed E-state index contributed by atoms with van der Waals surface area (Å²) in [4.78, 5) is 36.7. The van der Waals surface area contributed by atoms with E-state index in [1.165, 1.54) is 13.8 Å². The third-order valence-electron chi connectivity index (χ3n) is 3.32. The highest BCUT2D eigenvalue weighted by Gasteiger charge is 2.47. The Morgan fingerprint density at radius 2 is 1.75 bits per heavy atom. The van der Waals surface area contributed by atoms with Crippen molar-refractivity contribution >= 4 is 23.5 Å². The van der Waals surface area contributed by atoms with Gasteiger partial charge in [0, 0.05) is 6.61 Å². The average Bonchev–Trinajstić information content (AvgIpc) is 2.39. The van der Waals surface area contributed by atoms with Gasteiger partial charge in [0.15, 0.2) is 0 Å². The summed E-state index contributed by atoms with van der Waals surface area (Å²) in [6, 6.07) is 5.96. The number of anilines is 1. The summed E-state index contributed by atoms with van der Waals surface area (Å²) in [5.41, 5.74) is 0.0173. The van der Waals surface area contributed by atoms with Crippen LogP contribution in [0.25, 0.3) is 0 Å². The van der Waals surface area contributed by atoms with Gasteiger partial charge in [-0.3, -0.25) is 14.9 Å². The molecule has 6 nitrogen and oxygen atoms in total. The summed E-state index contributed by atoms with van der Waals surface area (Å²) in [6.07, 6.45) is 0.504. The van der Waals surface area contributed by atoms with E-state index in [1.54, 1.807) is 24.3 Å². The highest BCUT2D eigenvalue weighted by Crippen LogP contribution is 2.28. The normalized spacial score (nSPS) is 18.1. The smallest absolute Gasteiger partial charge is 0.335 e. The Morgan fingerprint density at radius 3 is 2.30 bits per heavy atom. The quantitative estimate of drug-likeness (QED) is 0.801. The average molecular weight is 276 g/mol. The molecule has 2 N–H and O–H groups in total. The fraction of sp³-hybridized carbons (Fsp3) is 0.357. The van der Waals surface area contributed by atoms with Gasteiger partial charge >= 0.3 is 6.03 Å². The molecule has 2 rings (SSSR count). The van der Waals surface area contributed by atoms with Crippen molar-refractivity contribution < 1.29 is 19.5 Å². The Bertz CT molecular complexity index is 563. The molecule has 1 fully saturated rings. The standard InChI is InChI=1S/C14H16N2O4/c1-14(2)11(18)15-13(20)16(12(14)19)10-5-3-9(4-6-10)7-8-17/h3-6,17H,7-8H2,1-2H3,(H,15,18,20). The van der Waals surface area contributed by atoms with Crippen molar-refractivity contribution in [3.8, 4) is 0 Å². The lowest BCUT2D eigenvalue weighted by molar-refractivity contribution is -0.140. The number of aliphatic hydroxyl groups is 1. The van der Waals surface area contributed by atoms with Gasteiger partial charge in [-0.25, -0.2) is 9.69 Å². The van der Waals surface area contributed by atoms with Crippen LogP contribution in [0, 0.1) is 5.41 Å². The monoisotopic (exact) mass is 276 g/mol. The molecule has 6 heteroatoms. The van der Waals surface area contributed by atoms with Crippen LogP contribution in [0.2, 0.25) is 0 Å². The SMILES string of the molecule is CC1(C)C(=O)NC(=O)N(c2ccc(CCO)cc2)C1=O. The van der Waals surface area contributed by atoms with Crippen LogP contribution in [0.4, 0.5) is 10.5 Å². The molecule has 1 saturated heterocycles. The number of hydrogen-bond acceptors (Lipinski definition) is 4. The maximum atomic E-state index is 12.3. The van der Waals surface area contributed by atoms with Gasteiger partial charge in [0.1, 0.15) is 5.41 Å². The summed E-state index contributed by atoms with van der Waals surface area (Å²) >= 11 is 0. The molecule has 0 saturated carbocycles. The molecule has 1 aliphatic rings. The molecule has 0 radical (unpaired) electrons. The zero-order chi connectivity index (χ0) is 14.9. The van der Waals surface area contributed by atoms with Gasteiger partial charge in [-0.2, -0.15) is 0 Å². The molecule has 106 valence electrons. The fourth-order valence-corrected chi connectivity index (χ4v) is 1.95. The predicted octanol–water partition coefficient (Wildman–Crippen LogP) is 0.830. The van der Waals surface area contributed by atoms with Gasteiger partial charge in [0.2, 0.25) is 11.8 Å². The zero-order valence-corrected chi connectivity index (χ0v) is 11.3. The Labute approximate surface area is 116 Å². The minimum absolute atomic E-state index is 0.0318. The van der Waals surface area contributed by atoms with E-state index >= 15 is 0 Å². The zero-order valence-electron chi connectivity index (χ0n) is 11.3. The van der Waals surface area contributed by atoms with Crippen LogP contribution in [0.5, 0.6) is 0 Å². The van der Waals surface area contributed by atoms with Gasteiger partial charge in [-0.1, -0.05) is 12.1 Å². The lowest BCUT2D eigenvalue weighted by Gasteiger charge is -2.34. The van der Waals surface area contributed by atoms with Crippen LogP contribution in [-0.4, -0.2) is 29.6 Å². The van der Waals surface area contributed by atoms with Crippen molar-refractivity contribution in [2.24, 2.45) is 5.41 Å². The van der Waals surface area contributed by atoms with Gasteiger partial charge in [-0.15, -0.1) is 0 Å². The van der Waals surface area contributed by atoms with E-state index in [4.69, 9.17) is 5.11 Å². The van der Waals surface area contributed by atoms with Crippen molar-refractivity contribution in [3.63, 3.8) is 0 Å². The highest BCUT2D eigenvalue weighted by molar-refractivity contribution is 6.29. The lowest BCUT2D eigenvalue weighted by Crippen LogP contribution is -2.62. The molecule has 1 aliphatic heterocycles. The molecule has 1 aromatic rings. The number of carbonyl (C=O) groups excluding carboxylic acids is 3. The van der Waals surface area contributed by atoms with Crippen molar-refractivity contribution in [1.82, 2.24) is 5.32 Å². The molecule has 0 aromatic heterocycles. The summed E-state index contributed by atoms with van der Waals surface area (Å²) in [5, 5.41) is 11.0. The number of rotatable bonds is 3. The molecule has 0 aliphatic carbocycles. The van der Waals surface area contributed by atoms with Crippen LogP contribution < -0.4 is 10.2 Å². The first kappa shape index (κ1) is 14.2. The number of imide groups is 2. The summed E-state index contributed by atoms with van der Waals surface area (Å²) in [6.45, 7) is 2.98. The van der Waals surface area contributed by atoms with Crippen molar-refractivity contribution in [3.05, 3.63) is 29.8 Å². The van der Waals surface area contributed by atoms with Crippen molar-refractivity contribution in [1.29, 1.82) is 0 Å². The number of nitrogens with zero attached hydrogens (tertiary/aromatic N) is 1. The number of benzene rings is 1. The Kier molecular flexibility index (Phi) is 3.59. The maximum Gasteiger partial charge on any atom is 0.335 e. The topological polar surface area (TPSA) is 86.7 Å². The summed E-state index contributed by atoms with van der Waals surface area (Å²) in [7, 11) is 0. The van der Waals surface area contributed by atoms with Crippen molar-refractivity contribution in [2.75, 3.05) is 11.5 Å². The second-order valence-corrected chi connectivity index (χ2v) is 5.16. The van der Waals surface area contributed by atoms with E-state index in [0.717, 1.165) is 10.5 Å². The molecular weight excluding hydrogens is 260 g/mol. The number of hydrogen-bond donors (Lipinski definition) is 2. The van der Waals surface area contributed by atoms with E-state index in [0.29, 0.717) is 12.1 Å². The number of nitrogens with one attached hydrogen (secondary N) is 1. The van der Waals surface area contributed by atoms with Gasteiger partial charge in [0.25, 0.3) is 0 Å². The molecule has 0 unspecified atom stereocenters.